The van der Waals surface area contributed by atoms with Crippen LogP contribution in [0.1, 0.15) is 35.4 Å². The molecular weight excluding hydrogens is 482 g/mol. The minimum Gasteiger partial charge on any atom is -0.451 e. The average molecular weight is 512 g/mol. The first kappa shape index (κ1) is 25.4. The van der Waals surface area contributed by atoms with E-state index < -0.39 is 22.2 Å². The molecular formula is C25H29N5O5S. The number of unbranched alkanes of at least 4 members (excludes halogenated alkanes) is 1. The van der Waals surface area contributed by atoms with Crippen LogP contribution in [-0.4, -0.2) is 44.3 Å². The maximum absolute atomic E-state index is 13.0. The Hall–Kier alpha value is -3.67. The van der Waals surface area contributed by atoms with E-state index in [4.69, 9.17) is 9.56 Å². The SMILES string of the molecule is NS(=O)(=O)NCCCC[C@@H](NC(=O)c1cc2ccccc2o1)C(=O)NCCc1c[nH]c2ccccc12. The maximum atomic E-state index is 13.0. The van der Waals surface area contributed by atoms with Crippen molar-refractivity contribution < 1.29 is 22.4 Å². The summed E-state index contributed by atoms with van der Waals surface area (Å²) in [7, 11) is -3.77. The normalized spacial score (nSPS) is 12.6. The zero-order valence-electron chi connectivity index (χ0n) is 19.6. The molecule has 2 amide bonds. The number of aromatic amines is 1. The van der Waals surface area contributed by atoms with E-state index in [0.717, 1.165) is 21.9 Å². The molecule has 4 rings (SSSR count). The quantitative estimate of drug-likeness (QED) is 0.184. The number of para-hydroxylation sites is 2. The highest BCUT2D eigenvalue weighted by Gasteiger charge is 2.23. The van der Waals surface area contributed by atoms with Crippen LogP contribution in [0.4, 0.5) is 0 Å². The van der Waals surface area contributed by atoms with Crippen LogP contribution in [0.5, 0.6) is 0 Å². The van der Waals surface area contributed by atoms with Crippen LogP contribution < -0.4 is 20.5 Å². The highest BCUT2D eigenvalue weighted by atomic mass is 32.2. The highest BCUT2D eigenvalue weighted by molar-refractivity contribution is 7.87. The summed E-state index contributed by atoms with van der Waals surface area (Å²) >= 11 is 0. The van der Waals surface area contributed by atoms with Gasteiger partial charge in [0.2, 0.25) is 5.91 Å². The van der Waals surface area contributed by atoms with Crippen LogP contribution in [-0.2, 0) is 21.4 Å². The summed E-state index contributed by atoms with van der Waals surface area (Å²) in [6.45, 7) is 0.538. The van der Waals surface area contributed by atoms with Gasteiger partial charge in [0, 0.05) is 35.6 Å². The van der Waals surface area contributed by atoms with Gasteiger partial charge in [0.25, 0.3) is 16.1 Å². The largest absolute Gasteiger partial charge is 0.451 e. The first-order chi connectivity index (χ1) is 17.3. The molecule has 1 atom stereocenters. The molecule has 36 heavy (non-hydrogen) atoms. The Balaban J connectivity index is 1.37. The van der Waals surface area contributed by atoms with Crippen LogP contribution in [0.25, 0.3) is 21.9 Å². The molecule has 0 spiro atoms. The number of hydrogen-bond acceptors (Lipinski definition) is 5. The zero-order chi connectivity index (χ0) is 25.5. The van der Waals surface area contributed by atoms with Gasteiger partial charge in [-0.1, -0.05) is 36.4 Å². The minimum absolute atomic E-state index is 0.115. The van der Waals surface area contributed by atoms with Crippen LogP contribution >= 0.6 is 0 Å². The molecule has 0 fully saturated rings. The molecule has 6 N–H and O–H groups in total. The number of H-pyrrole nitrogens is 1. The van der Waals surface area contributed by atoms with Crippen molar-refractivity contribution in [2.75, 3.05) is 13.1 Å². The predicted molar refractivity (Wildman–Crippen MR) is 137 cm³/mol. The Kier molecular flexibility index (Phi) is 8.04. The van der Waals surface area contributed by atoms with Crippen LogP contribution in [0.15, 0.2) is 65.2 Å². The molecule has 11 heteroatoms. The van der Waals surface area contributed by atoms with E-state index in [2.05, 4.69) is 20.3 Å². The first-order valence-corrected chi connectivity index (χ1v) is 13.2. The number of rotatable bonds is 12. The molecule has 0 radical (unpaired) electrons. The second kappa shape index (κ2) is 11.4. The maximum Gasteiger partial charge on any atom is 0.287 e. The van der Waals surface area contributed by atoms with Gasteiger partial charge in [-0.2, -0.15) is 8.42 Å². The van der Waals surface area contributed by atoms with Gasteiger partial charge in [-0.25, -0.2) is 9.86 Å². The van der Waals surface area contributed by atoms with E-state index in [1.807, 2.05) is 48.7 Å². The lowest BCUT2D eigenvalue weighted by atomic mass is 10.1. The van der Waals surface area contributed by atoms with Crippen LogP contribution in [0.2, 0.25) is 0 Å². The molecule has 2 heterocycles. The molecule has 0 bridgehead atoms. The third-order valence-electron chi connectivity index (χ3n) is 5.86. The minimum atomic E-state index is -3.77. The molecule has 10 nitrogen and oxygen atoms in total. The van der Waals surface area contributed by atoms with Gasteiger partial charge >= 0.3 is 0 Å². The smallest absolute Gasteiger partial charge is 0.287 e. The third-order valence-corrected chi connectivity index (χ3v) is 6.47. The molecule has 0 aliphatic carbocycles. The van der Waals surface area contributed by atoms with E-state index in [9.17, 15) is 18.0 Å². The molecule has 4 aromatic rings. The standard InChI is InChI=1S/C25H29N5O5S/c26-36(33,34)29-13-6-5-10-21(30-25(32)23-15-17-7-1-4-11-22(17)35-23)24(31)27-14-12-18-16-28-20-9-3-2-8-19(18)20/h1-4,7-9,11,15-16,21,28-29H,5-6,10,12-14H2,(H,27,31)(H,30,32)(H2,26,33,34)/t21-/m1/s1. The van der Waals surface area contributed by atoms with Crippen molar-refractivity contribution in [2.45, 2.75) is 31.7 Å². The van der Waals surface area contributed by atoms with Gasteiger partial charge in [-0.3, -0.25) is 9.59 Å². The number of carbonyl (C=O) groups is 2. The van der Waals surface area contributed by atoms with Crippen molar-refractivity contribution in [3.63, 3.8) is 0 Å². The van der Waals surface area contributed by atoms with Gasteiger partial charge < -0.3 is 20.0 Å². The van der Waals surface area contributed by atoms with E-state index >= 15 is 0 Å². The Morgan fingerprint density at radius 2 is 1.81 bits per heavy atom. The fourth-order valence-electron chi connectivity index (χ4n) is 4.06. The molecule has 2 aromatic carbocycles. The summed E-state index contributed by atoms with van der Waals surface area (Å²) in [6.07, 6.45) is 3.81. The van der Waals surface area contributed by atoms with Crippen molar-refractivity contribution in [3.05, 3.63) is 72.1 Å². The molecule has 0 unspecified atom stereocenters. The third kappa shape index (κ3) is 6.72. The van der Waals surface area contributed by atoms with Crippen LogP contribution in [0, 0.1) is 0 Å². The number of hydrogen-bond donors (Lipinski definition) is 5. The van der Waals surface area contributed by atoms with Gasteiger partial charge in [-0.15, -0.1) is 0 Å². The number of amides is 2. The van der Waals surface area contributed by atoms with Gasteiger partial charge in [0.15, 0.2) is 5.76 Å². The number of nitrogens with two attached hydrogens (primary N) is 1. The van der Waals surface area contributed by atoms with Gasteiger partial charge in [0.1, 0.15) is 11.6 Å². The first-order valence-electron chi connectivity index (χ1n) is 11.7. The van der Waals surface area contributed by atoms with Crippen molar-refractivity contribution in [2.24, 2.45) is 5.14 Å². The lowest BCUT2D eigenvalue weighted by Gasteiger charge is -2.18. The van der Waals surface area contributed by atoms with E-state index in [0.29, 0.717) is 37.8 Å². The summed E-state index contributed by atoms with van der Waals surface area (Å²) in [5.41, 5.74) is 2.70. The van der Waals surface area contributed by atoms with E-state index in [-0.39, 0.29) is 18.2 Å². The molecule has 0 saturated heterocycles. The monoisotopic (exact) mass is 511 g/mol. The fraction of sp³-hybridized carbons (Fsp3) is 0.280. The lowest BCUT2D eigenvalue weighted by Crippen LogP contribution is -2.47. The number of fused-ring (bicyclic) bond motifs is 2. The second-order valence-corrected chi connectivity index (χ2v) is 9.89. The molecule has 0 aliphatic heterocycles. The fourth-order valence-corrected chi connectivity index (χ4v) is 4.49. The number of furan rings is 1. The molecule has 2 aromatic heterocycles. The summed E-state index contributed by atoms with van der Waals surface area (Å²) in [5, 5.41) is 12.5. The Labute approximate surface area is 208 Å². The molecule has 190 valence electrons. The summed E-state index contributed by atoms with van der Waals surface area (Å²) < 4.78 is 29.9. The van der Waals surface area contributed by atoms with Crippen molar-refractivity contribution in [1.82, 2.24) is 20.3 Å². The Bertz CT molecular complexity index is 1430. The van der Waals surface area contributed by atoms with Crippen molar-refractivity contribution >= 4 is 43.9 Å². The average Bonchev–Trinajstić information content (AvgIpc) is 3.47. The Morgan fingerprint density at radius 3 is 2.61 bits per heavy atom. The van der Waals surface area contributed by atoms with Crippen LogP contribution in [0.3, 0.4) is 0 Å². The summed E-state index contributed by atoms with van der Waals surface area (Å²) in [6, 6.07) is 16.0. The van der Waals surface area contributed by atoms with Crippen molar-refractivity contribution in [1.29, 1.82) is 0 Å². The molecule has 0 aliphatic rings. The second-order valence-electron chi connectivity index (χ2n) is 8.51. The van der Waals surface area contributed by atoms with Crippen molar-refractivity contribution in [3.8, 4) is 0 Å². The van der Waals surface area contributed by atoms with Gasteiger partial charge in [0.05, 0.1) is 0 Å². The highest BCUT2D eigenvalue weighted by Crippen LogP contribution is 2.19. The summed E-state index contributed by atoms with van der Waals surface area (Å²) in [4.78, 5) is 29.1. The van der Waals surface area contributed by atoms with Gasteiger partial charge in [-0.05, 0) is 49.4 Å². The number of nitrogens with one attached hydrogen (secondary N) is 4. The topological polar surface area (TPSA) is 159 Å². The number of aromatic nitrogens is 1. The summed E-state index contributed by atoms with van der Waals surface area (Å²) in [5.74, 6) is -0.701. The number of carbonyl (C=O) groups excluding carboxylic acids is 2. The lowest BCUT2D eigenvalue weighted by molar-refractivity contribution is -0.123. The zero-order valence-corrected chi connectivity index (χ0v) is 20.4. The van der Waals surface area contributed by atoms with E-state index in [1.54, 1.807) is 12.1 Å². The predicted octanol–water partition coefficient (Wildman–Crippen LogP) is 2.33. The number of benzene rings is 2. The Morgan fingerprint density at radius 1 is 1.03 bits per heavy atom. The molecule has 0 saturated carbocycles. The van der Waals surface area contributed by atoms with E-state index in [1.165, 1.54) is 0 Å².